The summed E-state index contributed by atoms with van der Waals surface area (Å²) in [5, 5.41) is 60.0. The lowest BCUT2D eigenvalue weighted by molar-refractivity contribution is 0.282. The van der Waals surface area contributed by atoms with Crippen LogP contribution in [0.3, 0.4) is 0 Å². The highest BCUT2D eigenvalue weighted by Crippen LogP contribution is 2.44. The van der Waals surface area contributed by atoms with Crippen LogP contribution in [0.15, 0.2) is 113 Å². The second-order valence-electron chi connectivity index (χ2n) is 15.7. The minimum Gasteiger partial charge on any atom is -0.493 e. The fraction of sp³-hybridized carbons (Fsp3) is 0.205. The van der Waals surface area contributed by atoms with Crippen molar-refractivity contribution in [1.29, 1.82) is 5.26 Å². The fourth-order valence-electron chi connectivity index (χ4n) is 7.31. The Morgan fingerprint density at radius 3 is 2.25 bits per heavy atom. The van der Waals surface area contributed by atoms with E-state index in [4.69, 9.17) is 16.3 Å². The lowest BCUT2D eigenvalue weighted by atomic mass is 10.1. The van der Waals surface area contributed by atoms with Gasteiger partial charge in [-0.25, -0.2) is 9.97 Å². The highest BCUT2D eigenvalue weighted by atomic mass is 35.5. The Morgan fingerprint density at radius 2 is 1.53 bits per heavy atom. The normalized spacial score (nSPS) is 12.8. The van der Waals surface area contributed by atoms with Gasteiger partial charge in [0.2, 0.25) is 11.0 Å². The third kappa shape index (κ3) is 11.5. The summed E-state index contributed by atoms with van der Waals surface area (Å²) in [6.07, 6.45) is -0.107. The number of hydrogen-bond acceptors (Lipinski definition) is 20. The van der Waals surface area contributed by atoms with E-state index in [0.29, 0.717) is 42.0 Å². The molecule has 3 aromatic heterocycles. The first-order valence-electron chi connectivity index (χ1n) is 21.0. The molecular weight excluding hydrogens is 1060 g/mol. The smallest absolute Gasteiger partial charge is 0.296 e. The van der Waals surface area contributed by atoms with Gasteiger partial charge in [0.15, 0.2) is 11.3 Å². The zero-order chi connectivity index (χ0) is 51.7. The molecule has 8 rings (SSSR count). The van der Waals surface area contributed by atoms with Gasteiger partial charge in [0, 0.05) is 32.5 Å². The highest BCUT2D eigenvalue weighted by molar-refractivity contribution is 7.99. The molecule has 0 aliphatic heterocycles. The molecular formula is C44H37ClN10O12S5. The molecule has 8 aromatic rings. The van der Waals surface area contributed by atoms with Gasteiger partial charge in [-0.15, -0.1) is 37.3 Å². The van der Waals surface area contributed by atoms with Gasteiger partial charge in [-0.3, -0.25) is 18.1 Å². The van der Waals surface area contributed by atoms with Crippen LogP contribution in [0.1, 0.15) is 35.1 Å². The maximum Gasteiger partial charge on any atom is 0.296 e. The van der Waals surface area contributed by atoms with E-state index in [1.54, 1.807) is 56.3 Å². The molecule has 3 heterocycles. The van der Waals surface area contributed by atoms with Crippen LogP contribution in [0.4, 0.5) is 33.6 Å². The summed E-state index contributed by atoms with van der Waals surface area (Å²) in [6, 6.07) is 21.1. The number of benzene rings is 5. The van der Waals surface area contributed by atoms with Gasteiger partial charge in [-0.05, 0) is 85.9 Å². The number of aromatic nitrogens is 3. The molecule has 0 atom stereocenters. The Labute approximate surface area is 422 Å². The van der Waals surface area contributed by atoms with E-state index in [1.165, 1.54) is 34.7 Å². The monoisotopic (exact) mass is 1090 g/mol. The van der Waals surface area contributed by atoms with E-state index in [-0.39, 0.29) is 92.4 Å². The largest absolute Gasteiger partial charge is 0.493 e. The average Bonchev–Trinajstić information content (AvgIpc) is 3.92. The lowest BCUT2D eigenvalue weighted by Crippen LogP contribution is -2.08. The second-order valence-corrected chi connectivity index (χ2v) is 22.8. The molecule has 5 N–H and O–H groups in total. The van der Waals surface area contributed by atoms with Crippen molar-refractivity contribution in [2.45, 2.75) is 43.1 Å². The van der Waals surface area contributed by atoms with Crippen LogP contribution in [-0.4, -0.2) is 87.4 Å². The quantitative estimate of drug-likeness (QED) is 0.0231. The molecule has 0 saturated carbocycles. The lowest BCUT2D eigenvalue weighted by Gasteiger charge is -2.12. The van der Waals surface area contributed by atoms with Crippen molar-refractivity contribution < 1.29 is 53.9 Å². The van der Waals surface area contributed by atoms with Crippen LogP contribution in [0, 0.1) is 25.2 Å². The average molecular weight is 1090 g/mol. The number of aliphatic hydroxyl groups is 1. The summed E-state index contributed by atoms with van der Waals surface area (Å²) >= 11 is 8.41. The van der Waals surface area contributed by atoms with Crippen molar-refractivity contribution in [2.24, 2.45) is 30.7 Å². The molecule has 372 valence electrons. The van der Waals surface area contributed by atoms with Gasteiger partial charge in [-0.1, -0.05) is 47.2 Å². The van der Waals surface area contributed by atoms with Crippen LogP contribution >= 0.6 is 34.7 Å². The SMILES string of the molecule is Cc1cc(N=Nc2c(C)c(C#N)c3nc4ccc(Cl)cc4n3c2O)c(OCCCS(=O)(=O)O)cc1N=Nc1cc(CO)c(N=Nc2nc3c(S(=O)(=O)O)cc4ccccc4c3s2)cc1SCCCS(=O)(=O)O. The molecule has 22 nitrogen and oxygen atoms in total. The van der Waals surface area contributed by atoms with Crippen LogP contribution in [0.5, 0.6) is 11.6 Å². The predicted octanol–water partition coefficient (Wildman–Crippen LogP) is 11.1. The minimum atomic E-state index is -4.69. The number of aromatic hydroxyl groups is 1. The fourth-order valence-corrected chi connectivity index (χ4v) is 11.3. The zero-order valence-electron chi connectivity index (χ0n) is 37.4. The van der Waals surface area contributed by atoms with Gasteiger partial charge in [0.05, 0.1) is 57.5 Å². The number of aliphatic hydroxyl groups excluding tert-OH is 1. The number of thiazole rings is 1. The van der Waals surface area contributed by atoms with Gasteiger partial charge < -0.3 is 14.9 Å². The number of imidazole rings is 1. The maximum atomic E-state index is 12.4. The molecule has 0 radical (unpaired) electrons. The number of ether oxygens (including phenoxy) is 1. The molecule has 28 heteroatoms. The molecule has 0 fully saturated rings. The summed E-state index contributed by atoms with van der Waals surface area (Å²) < 4.78 is 107. The van der Waals surface area contributed by atoms with E-state index in [1.807, 2.05) is 0 Å². The molecule has 5 aromatic carbocycles. The van der Waals surface area contributed by atoms with Crippen LogP contribution in [-0.2, 0) is 37.0 Å². The van der Waals surface area contributed by atoms with Crippen molar-refractivity contribution >= 4 is 136 Å². The molecule has 0 spiro atoms. The number of halogens is 1. The van der Waals surface area contributed by atoms with Crippen LogP contribution in [0.2, 0.25) is 5.02 Å². The first-order chi connectivity index (χ1) is 34.1. The van der Waals surface area contributed by atoms with Crippen molar-refractivity contribution in [3.63, 3.8) is 0 Å². The number of hydrogen-bond donors (Lipinski definition) is 5. The number of fused-ring (bicyclic) bond motifs is 6. The molecule has 0 bridgehead atoms. The van der Waals surface area contributed by atoms with Gasteiger partial charge >= 0.3 is 0 Å². The third-order valence-electron chi connectivity index (χ3n) is 10.7. The predicted molar refractivity (Wildman–Crippen MR) is 270 cm³/mol. The molecule has 0 aliphatic carbocycles. The van der Waals surface area contributed by atoms with Crippen molar-refractivity contribution in [3.8, 4) is 17.7 Å². The summed E-state index contributed by atoms with van der Waals surface area (Å²) in [4.78, 5) is 8.82. The highest BCUT2D eigenvalue weighted by Gasteiger charge is 2.23. The summed E-state index contributed by atoms with van der Waals surface area (Å²) in [6.45, 7) is 2.42. The number of nitrogens with zero attached hydrogens (tertiary/aromatic N) is 10. The third-order valence-corrected chi connectivity index (χ3v) is 15.5. The Balaban J connectivity index is 1.17. The first-order valence-corrected chi connectivity index (χ1v) is 27.8. The Kier molecular flexibility index (Phi) is 15.0. The molecule has 0 amide bonds. The van der Waals surface area contributed by atoms with Gasteiger partial charge in [0.25, 0.3) is 30.4 Å². The number of rotatable bonds is 18. The minimum absolute atomic E-state index is 0.0163. The van der Waals surface area contributed by atoms with E-state index in [0.717, 1.165) is 23.1 Å². The summed E-state index contributed by atoms with van der Waals surface area (Å²) in [5.41, 5.74) is 2.55. The van der Waals surface area contributed by atoms with Crippen molar-refractivity contribution in [3.05, 3.63) is 100 Å². The molecule has 0 aliphatic rings. The van der Waals surface area contributed by atoms with E-state index in [9.17, 15) is 54.4 Å². The molecule has 0 saturated heterocycles. The summed E-state index contributed by atoms with van der Waals surface area (Å²) in [5.74, 6) is -1.37. The van der Waals surface area contributed by atoms with E-state index < -0.39 is 59.2 Å². The summed E-state index contributed by atoms with van der Waals surface area (Å²) in [7, 11) is -13.3. The Morgan fingerprint density at radius 1 is 0.819 bits per heavy atom. The first kappa shape index (κ1) is 51.8. The van der Waals surface area contributed by atoms with E-state index >= 15 is 0 Å². The number of thioether (sulfide) groups is 1. The van der Waals surface area contributed by atoms with Crippen LogP contribution < -0.4 is 4.74 Å². The number of azo groups is 3. The van der Waals surface area contributed by atoms with Crippen LogP contribution in [0.25, 0.3) is 37.7 Å². The molecule has 72 heavy (non-hydrogen) atoms. The zero-order valence-corrected chi connectivity index (χ0v) is 42.2. The van der Waals surface area contributed by atoms with Gasteiger partial charge in [-0.2, -0.15) is 35.6 Å². The maximum absolute atomic E-state index is 12.4. The number of pyridine rings is 1. The standard InChI is InChI=1S/C44H37ClN10O12S5/c1-23-15-33(51-53-39-24(2)29(21-46)42-47-30-10-9-27(45)18-35(30)55(42)43(39)57)36(67-11-5-13-70(58,59)60)19-31(23)49-52-34-16-26(22-56)32(20-37(34)68-12-6-14-71(61,62)63)50-54-44-48-40-38(72(64,65)66)17-25-7-3-4-8-28(25)41(40)69-44/h3-4,7-10,15-20,56-57H,5-6,11-14,22H2,1-2H3,(H,58,59,60)(H,61,62,63)(H,64,65,66). The van der Waals surface area contributed by atoms with Crippen molar-refractivity contribution in [2.75, 3.05) is 23.9 Å². The molecule has 0 unspecified atom stereocenters. The van der Waals surface area contributed by atoms with Crippen molar-refractivity contribution in [1.82, 2.24) is 14.4 Å². The topological polar surface area (TPSA) is 341 Å². The Hall–Kier alpha value is -6.58. The van der Waals surface area contributed by atoms with Gasteiger partial charge in [0.1, 0.15) is 33.5 Å². The second kappa shape index (κ2) is 20.9. The van der Waals surface area contributed by atoms with E-state index in [2.05, 4.69) is 46.7 Å². The Bertz CT molecular complexity index is 3990. The number of nitriles is 1. The number of aryl methyl sites for hydroxylation is 1.